The van der Waals surface area contributed by atoms with Crippen molar-refractivity contribution in [2.75, 3.05) is 12.4 Å². The Balaban J connectivity index is 1.88. The van der Waals surface area contributed by atoms with Gasteiger partial charge in [0, 0.05) is 6.54 Å². The topological polar surface area (TPSA) is 73.1 Å². The number of hydrogen-bond acceptors (Lipinski definition) is 6. The summed E-state index contributed by atoms with van der Waals surface area (Å²) in [7, 11) is 1.53. The van der Waals surface area contributed by atoms with Crippen LogP contribution in [0.3, 0.4) is 0 Å². The molecule has 1 aromatic carbocycles. The van der Waals surface area contributed by atoms with Crippen molar-refractivity contribution in [1.29, 1.82) is 0 Å². The highest BCUT2D eigenvalue weighted by molar-refractivity contribution is 5.65. The first-order valence-electron chi connectivity index (χ1n) is 7.41. The summed E-state index contributed by atoms with van der Waals surface area (Å²) >= 11 is 0. The Labute approximate surface area is 138 Å². The molecule has 0 atom stereocenters. The number of anilines is 1. The zero-order chi connectivity index (χ0) is 17.1. The Morgan fingerprint density at radius 1 is 1.21 bits per heavy atom. The average molecular weight is 328 g/mol. The summed E-state index contributed by atoms with van der Waals surface area (Å²) in [6, 6.07) is 6.25. The van der Waals surface area contributed by atoms with Gasteiger partial charge in [-0.05, 0) is 31.5 Å². The Hall–Kier alpha value is -2.96. The van der Waals surface area contributed by atoms with Gasteiger partial charge in [-0.1, -0.05) is 17.3 Å². The normalized spacial score (nSPS) is 10.7. The second-order valence-corrected chi connectivity index (χ2v) is 5.29. The van der Waals surface area contributed by atoms with E-state index in [1.165, 1.54) is 19.2 Å². The number of rotatable bonds is 5. The van der Waals surface area contributed by atoms with E-state index in [1.54, 1.807) is 18.3 Å². The highest BCUT2D eigenvalue weighted by atomic mass is 19.1. The second kappa shape index (κ2) is 6.66. The van der Waals surface area contributed by atoms with Gasteiger partial charge in [-0.15, -0.1) is 0 Å². The molecule has 2 aromatic heterocycles. The van der Waals surface area contributed by atoms with Crippen molar-refractivity contribution in [3.8, 4) is 17.1 Å². The van der Waals surface area contributed by atoms with Crippen LogP contribution in [0.25, 0.3) is 11.3 Å². The number of hydrogen-bond donors (Lipinski definition) is 1. The maximum absolute atomic E-state index is 13.0. The average Bonchev–Trinajstić information content (AvgIpc) is 2.93. The van der Waals surface area contributed by atoms with Gasteiger partial charge in [-0.3, -0.25) is 0 Å². The molecule has 0 radical (unpaired) electrons. The van der Waals surface area contributed by atoms with Gasteiger partial charge in [0.15, 0.2) is 5.82 Å². The van der Waals surface area contributed by atoms with E-state index in [-0.39, 0.29) is 5.82 Å². The highest BCUT2D eigenvalue weighted by Gasteiger charge is 2.16. The molecule has 0 bridgehead atoms. The van der Waals surface area contributed by atoms with Gasteiger partial charge in [0.2, 0.25) is 0 Å². The van der Waals surface area contributed by atoms with Crippen LogP contribution in [0.1, 0.15) is 17.0 Å². The lowest BCUT2D eigenvalue weighted by Gasteiger charge is -2.11. The molecule has 0 amide bonds. The fraction of sp³-hybridized carbons (Fsp3) is 0.235. The highest BCUT2D eigenvalue weighted by Crippen LogP contribution is 2.28. The van der Waals surface area contributed by atoms with Crippen LogP contribution in [-0.4, -0.2) is 22.2 Å². The van der Waals surface area contributed by atoms with E-state index in [4.69, 9.17) is 9.26 Å². The van der Waals surface area contributed by atoms with Crippen molar-refractivity contribution in [2.24, 2.45) is 0 Å². The molecule has 0 unspecified atom stereocenters. The van der Waals surface area contributed by atoms with Crippen molar-refractivity contribution in [1.82, 2.24) is 15.1 Å². The summed E-state index contributed by atoms with van der Waals surface area (Å²) < 4.78 is 23.4. The lowest BCUT2D eigenvalue weighted by Crippen LogP contribution is -2.06. The minimum atomic E-state index is -0.267. The van der Waals surface area contributed by atoms with Gasteiger partial charge in [-0.2, -0.15) is 0 Å². The first-order chi connectivity index (χ1) is 11.6. The van der Waals surface area contributed by atoms with Gasteiger partial charge < -0.3 is 14.6 Å². The molecular weight excluding hydrogens is 311 g/mol. The van der Waals surface area contributed by atoms with E-state index >= 15 is 0 Å². The van der Waals surface area contributed by atoms with Crippen molar-refractivity contribution in [3.63, 3.8) is 0 Å². The Morgan fingerprint density at radius 3 is 2.58 bits per heavy atom. The molecule has 124 valence electrons. The lowest BCUT2D eigenvalue weighted by molar-refractivity contribution is 0.393. The van der Waals surface area contributed by atoms with Crippen molar-refractivity contribution in [3.05, 3.63) is 53.3 Å². The fourth-order valence-electron chi connectivity index (χ4n) is 2.40. The zero-order valence-corrected chi connectivity index (χ0v) is 13.6. The lowest BCUT2D eigenvalue weighted by atomic mass is 10.1. The molecule has 7 heteroatoms. The molecular formula is C17H17FN4O2. The van der Waals surface area contributed by atoms with E-state index in [9.17, 15) is 4.39 Å². The number of methoxy groups -OCH3 is 1. The third kappa shape index (κ3) is 3.19. The van der Waals surface area contributed by atoms with Gasteiger partial charge in [0.25, 0.3) is 5.88 Å². The monoisotopic (exact) mass is 328 g/mol. The van der Waals surface area contributed by atoms with Gasteiger partial charge in [-0.25, -0.2) is 14.4 Å². The van der Waals surface area contributed by atoms with Gasteiger partial charge in [0.1, 0.15) is 11.6 Å². The molecule has 3 aromatic rings. The maximum Gasteiger partial charge on any atom is 0.257 e. The number of nitrogens with one attached hydrogen (secondary N) is 1. The smallest absolute Gasteiger partial charge is 0.257 e. The molecule has 0 saturated heterocycles. The molecule has 0 fully saturated rings. The largest absolute Gasteiger partial charge is 0.478 e. The van der Waals surface area contributed by atoms with Gasteiger partial charge in [0.05, 0.1) is 30.3 Å². The molecule has 3 rings (SSSR count). The Kier molecular flexibility index (Phi) is 4.41. The number of ether oxygens (including phenoxy) is 1. The summed E-state index contributed by atoms with van der Waals surface area (Å²) in [5.74, 6) is 1.29. The third-order valence-corrected chi connectivity index (χ3v) is 3.59. The number of aryl methyl sites for hydroxylation is 2. The van der Waals surface area contributed by atoms with Crippen LogP contribution in [0.4, 0.5) is 10.2 Å². The van der Waals surface area contributed by atoms with E-state index in [2.05, 4.69) is 20.4 Å². The predicted molar refractivity (Wildman–Crippen MR) is 87.3 cm³/mol. The van der Waals surface area contributed by atoms with E-state index in [1.807, 2.05) is 13.8 Å². The zero-order valence-electron chi connectivity index (χ0n) is 13.6. The molecule has 0 saturated carbocycles. The molecule has 24 heavy (non-hydrogen) atoms. The summed E-state index contributed by atoms with van der Waals surface area (Å²) in [6.45, 7) is 4.15. The second-order valence-electron chi connectivity index (χ2n) is 5.29. The Bertz CT molecular complexity index is 827. The quantitative estimate of drug-likeness (QED) is 0.773. The summed E-state index contributed by atoms with van der Waals surface area (Å²) in [5, 5.41) is 7.11. The van der Waals surface area contributed by atoms with Crippen molar-refractivity contribution in [2.45, 2.75) is 20.4 Å². The van der Waals surface area contributed by atoms with E-state index < -0.39 is 0 Å². The molecule has 0 spiro atoms. The summed E-state index contributed by atoms with van der Waals surface area (Å²) in [5.41, 5.74) is 3.13. The van der Waals surface area contributed by atoms with Crippen LogP contribution in [-0.2, 0) is 6.54 Å². The van der Waals surface area contributed by atoms with Crippen LogP contribution in [0.5, 0.6) is 5.88 Å². The maximum atomic E-state index is 13.0. The molecule has 0 aliphatic carbocycles. The number of halogens is 1. The molecule has 6 nitrogen and oxygen atoms in total. The number of aromatic nitrogens is 3. The molecule has 2 heterocycles. The van der Waals surface area contributed by atoms with E-state index in [0.717, 1.165) is 16.8 Å². The van der Waals surface area contributed by atoms with Crippen molar-refractivity contribution >= 4 is 5.82 Å². The third-order valence-electron chi connectivity index (χ3n) is 3.59. The van der Waals surface area contributed by atoms with Gasteiger partial charge >= 0.3 is 0 Å². The standard InChI is InChI=1S/C17H17FN4O2/c1-10-15(11(2)24-22-10)14-9-20-17(23-3)16(21-14)19-8-12-4-6-13(18)7-5-12/h4-7,9H,8H2,1-3H3,(H,19,21). The SMILES string of the molecule is COc1ncc(-c2c(C)noc2C)nc1NCc1ccc(F)cc1. The summed E-state index contributed by atoms with van der Waals surface area (Å²) in [6.07, 6.45) is 1.62. The van der Waals surface area contributed by atoms with Crippen LogP contribution in [0, 0.1) is 19.7 Å². The van der Waals surface area contributed by atoms with Crippen LogP contribution >= 0.6 is 0 Å². The minimum absolute atomic E-state index is 0.267. The van der Waals surface area contributed by atoms with Crippen LogP contribution in [0.2, 0.25) is 0 Å². The van der Waals surface area contributed by atoms with Crippen LogP contribution < -0.4 is 10.1 Å². The number of benzene rings is 1. The molecule has 0 aliphatic heterocycles. The Morgan fingerprint density at radius 2 is 1.96 bits per heavy atom. The number of nitrogens with zero attached hydrogens (tertiary/aromatic N) is 3. The molecule has 0 aliphatic rings. The summed E-state index contributed by atoms with van der Waals surface area (Å²) in [4.78, 5) is 8.85. The van der Waals surface area contributed by atoms with E-state index in [0.29, 0.717) is 29.7 Å². The predicted octanol–water partition coefficient (Wildman–Crippen LogP) is 3.51. The fourth-order valence-corrected chi connectivity index (χ4v) is 2.40. The molecule has 1 N–H and O–H groups in total. The van der Waals surface area contributed by atoms with Crippen molar-refractivity contribution < 1.29 is 13.7 Å². The first-order valence-corrected chi connectivity index (χ1v) is 7.41. The van der Waals surface area contributed by atoms with Crippen LogP contribution in [0.15, 0.2) is 35.0 Å². The minimum Gasteiger partial charge on any atom is -0.478 e. The first kappa shape index (κ1) is 15.9.